The second-order valence-corrected chi connectivity index (χ2v) is 5.69. The van der Waals surface area contributed by atoms with Crippen molar-refractivity contribution in [3.05, 3.63) is 34.4 Å². The van der Waals surface area contributed by atoms with E-state index >= 15 is 0 Å². The highest BCUT2D eigenvalue weighted by Crippen LogP contribution is 2.34. The van der Waals surface area contributed by atoms with Crippen molar-refractivity contribution in [2.24, 2.45) is 5.92 Å². The molecule has 0 radical (unpaired) electrons. The van der Waals surface area contributed by atoms with Crippen LogP contribution >= 0.6 is 11.6 Å². The van der Waals surface area contributed by atoms with Gasteiger partial charge in [0.15, 0.2) is 0 Å². The Morgan fingerprint density at radius 3 is 2.58 bits per heavy atom. The first-order chi connectivity index (χ1) is 9.11. The highest BCUT2D eigenvalue weighted by Gasteiger charge is 2.23. The van der Waals surface area contributed by atoms with Gasteiger partial charge in [-0.05, 0) is 31.0 Å². The summed E-state index contributed by atoms with van der Waals surface area (Å²) in [6.45, 7) is 2.72. The molecule has 4 heteroatoms. The Hall–Kier alpha value is -0.670. The molecule has 1 aromatic rings. The molecule has 1 N–H and O–H groups in total. The lowest BCUT2D eigenvalue weighted by Crippen LogP contribution is -2.24. The van der Waals surface area contributed by atoms with Crippen molar-refractivity contribution in [1.82, 2.24) is 5.32 Å². The van der Waals surface area contributed by atoms with Gasteiger partial charge in [0.1, 0.15) is 11.6 Å². The van der Waals surface area contributed by atoms with Crippen LogP contribution in [-0.2, 0) is 0 Å². The summed E-state index contributed by atoms with van der Waals surface area (Å²) in [5.74, 6) is -0.357. The number of hydrogen-bond donors (Lipinski definition) is 1. The molecule has 0 aliphatic heterocycles. The summed E-state index contributed by atoms with van der Waals surface area (Å²) in [5.41, 5.74) is 0.399. The summed E-state index contributed by atoms with van der Waals surface area (Å²) in [7, 11) is 0. The van der Waals surface area contributed by atoms with Crippen LogP contribution in [-0.4, -0.2) is 6.54 Å². The largest absolute Gasteiger partial charge is 0.310 e. The van der Waals surface area contributed by atoms with Gasteiger partial charge >= 0.3 is 0 Å². The van der Waals surface area contributed by atoms with E-state index in [2.05, 4.69) is 5.32 Å². The van der Waals surface area contributed by atoms with E-state index in [1.54, 1.807) is 0 Å². The minimum Gasteiger partial charge on any atom is -0.310 e. The Morgan fingerprint density at radius 2 is 1.95 bits per heavy atom. The van der Waals surface area contributed by atoms with Crippen LogP contribution < -0.4 is 5.32 Å². The third kappa shape index (κ3) is 3.67. The first kappa shape index (κ1) is 14.7. The fourth-order valence-corrected chi connectivity index (χ4v) is 3.10. The van der Waals surface area contributed by atoms with Gasteiger partial charge in [0.25, 0.3) is 0 Å². The maximum Gasteiger partial charge on any atom is 0.142 e. The van der Waals surface area contributed by atoms with E-state index in [1.165, 1.54) is 31.7 Å². The van der Waals surface area contributed by atoms with E-state index in [9.17, 15) is 8.78 Å². The second kappa shape index (κ2) is 6.67. The summed E-state index contributed by atoms with van der Waals surface area (Å²) in [6.07, 6.45) is 5.76. The number of halogens is 3. The minimum absolute atomic E-state index is 0.125. The molecule has 1 atom stereocenters. The van der Waals surface area contributed by atoms with E-state index in [0.717, 1.165) is 19.0 Å². The van der Waals surface area contributed by atoms with Gasteiger partial charge in [0.2, 0.25) is 0 Å². The summed E-state index contributed by atoms with van der Waals surface area (Å²) >= 11 is 5.60. The fourth-order valence-electron chi connectivity index (χ4n) is 2.95. The van der Waals surface area contributed by atoms with E-state index in [-0.39, 0.29) is 11.1 Å². The smallest absolute Gasteiger partial charge is 0.142 e. The van der Waals surface area contributed by atoms with Gasteiger partial charge in [0.05, 0.1) is 5.02 Å². The van der Waals surface area contributed by atoms with E-state index in [4.69, 9.17) is 11.6 Å². The van der Waals surface area contributed by atoms with E-state index in [0.29, 0.717) is 11.5 Å². The Balaban J connectivity index is 2.19. The predicted octanol–water partition coefficient (Wildman–Crippen LogP) is 4.85. The number of rotatable bonds is 5. The van der Waals surface area contributed by atoms with Gasteiger partial charge < -0.3 is 5.32 Å². The molecule has 2 rings (SSSR count). The molecule has 1 unspecified atom stereocenters. The van der Waals surface area contributed by atoms with E-state index in [1.807, 2.05) is 6.92 Å². The average Bonchev–Trinajstić information content (AvgIpc) is 2.86. The van der Waals surface area contributed by atoms with Crippen molar-refractivity contribution in [1.29, 1.82) is 0 Å². The van der Waals surface area contributed by atoms with Crippen molar-refractivity contribution in [3.8, 4) is 0 Å². The molecule has 0 heterocycles. The highest BCUT2D eigenvalue weighted by molar-refractivity contribution is 6.30. The zero-order valence-corrected chi connectivity index (χ0v) is 11.9. The van der Waals surface area contributed by atoms with Crippen molar-refractivity contribution < 1.29 is 8.78 Å². The molecule has 1 nitrogen and oxygen atoms in total. The standard InChI is InChI=1S/C15H20ClF2N/c1-2-19-15(7-10-5-3-4-6-10)11-8-14(18)12(16)9-13(11)17/h8-10,15,19H,2-7H2,1H3. The first-order valence-electron chi connectivity index (χ1n) is 6.99. The number of benzene rings is 1. The molecule has 0 amide bonds. The van der Waals surface area contributed by atoms with Crippen LogP contribution in [0.5, 0.6) is 0 Å². The maximum atomic E-state index is 14.0. The van der Waals surface area contributed by atoms with Crippen LogP contribution in [0.4, 0.5) is 8.78 Å². The van der Waals surface area contributed by atoms with Crippen molar-refractivity contribution in [2.75, 3.05) is 6.54 Å². The molecule has 1 aromatic carbocycles. The molecule has 0 aromatic heterocycles. The molecule has 106 valence electrons. The topological polar surface area (TPSA) is 12.0 Å². The van der Waals surface area contributed by atoms with Crippen LogP contribution in [0.15, 0.2) is 12.1 Å². The molecule has 0 saturated heterocycles. The third-order valence-electron chi connectivity index (χ3n) is 3.91. The predicted molar refractivity (Wildman–Crippen MR) is 74.4 cm³/mol. The SMILES string of the molecule is CCNC(CC1CCCC1)c1cc(F)c(Cl)cc1F. The zero-order chi connectivity index (χ0) is 13.8. The normalized spacial score (nSPS) is 17.9. The maximum absolute atomic E-state index is 14.0. The summed E-state index contributed by atoms with van der Waals surface area (Å²) in [6, 6.07) is 2.19. The summed E-state index contributed by atoms with van der Waals surface area (Å²) in [4.78, 5) is 0. The number of hydrogen-bond acceptors (Lipinski definition) is 1. The molecule has 0 bridgehead atoms. The van der Waals surface area contributed by atoms with Crippen LogP contribution in [0, 0.1) is 17.6 Å². The average molecular weight is 288 g/mol. The van der Waals surface area contributed by atoms with Gasteiger partial charge in [-0.15, -0.1) is 0 Å². The Bertz CT molecular complexity index is 430. The van der Waals surface area contributed by atoms with Crippen molar-refractivity contribution >= 4 is 11.6 Å². The van der Waals surface area contributed by atoms with Gasteiger partial charge in [-0.3, -0.25) is 0 Å². The number of nitrogens with one attached hydrogen (secondary N) is 1. The summed E-state index contributed by atoms with van der Waals surface area (Å²) in [5, 5.41) is 3.11. The Kier molecular flexibility index (Phi) is 5.17. The van der Waals surface area contributed by atoms with E-state index < -0.39 is 11.6 Å². The lowest BCUT2D eigenvalue weighted by Gasteiger charge is -2.22. The highest BCUT2D eigenvalue weighted by atomic mass is 35.5. The first-order valence-corrected chi connectivity index (χ1v) is 7.37. The van der Waals surface area contributed by atoms with Crippen LogP contribution in [0.2, 0.25) is 5.02 Å². The van der Waals surface area contributed by atoms with Gasteiger partial charge in [-0.25, -0.2) is 8.78 Å². The second-order valence-electron chi connectivity index (χ2n) is 5.28. The third-order valence-corrected chi connectivity index (χ3v) is 4.20. The molecule has 1 aliphatic rings. The quantitative estimate of drug-likeness (QED) is 0.764. The lowest BCUT2D eigenvalue weighted by molar-refractivity contribution is 0.389. The minimum atomic E-state index is -0.549. The van der Waals surface area contributed by atoms with Crippen molar-refractivity contribution in [2.45, 2.75) is 45.1 Å². The molecule has 1 aliphatic carbocycles. The van der Waals surface area contributed by atoms with Crippen LogP contribution in [0.25, 0.3) is 0 Å². The zero-order valence-electron chi connectivity index (χ0n) is 11.2. The molecule has 19 heavy (non-hydrogen) atoms. The van der Waals surface area contributed by atoms with Crippen molar-refractivity contribution in [3.63, 3.8) is 0 Å². The Labute approximate surface area is 118 Å². The molecule has 1 saturated carbocycles. The molecular formula is C15H20ClF2N. The summed E-state index contributed by atoms with van der Waals surface area (Å²) < 4.78 is 27.5. The molecule has 0 spiro atoms. The van der Waals surface area contributed by atoms with Gasteiger partial charge in [-0.2, -0.15) is 0 Å². The monoisotopic (exact) mass is 287 g/mol. The van der Waals surface area contributed by atoms with Crippen LogP contribution in [0.3, 0.4) is 0 Å². The Morgan fingerprint density at radius 1 is 1.26 bits per heavy atom. The lowest BCUT2D eigenvalue weighted by atomic mass is 9.93. The molecule has 1 fully saturated rings. The van der Waals surface area contributed by atoms with Gasteiger partial charge in [-0.1, -0.05) is 44.2 Å². The van der Waals surface area contributed by atoms with Crippen LogP contribution in [0.1, 0.15) is 50.6 Å². The van der Waals surface area contributed by atoms with Gasteiger partial charge in [0, 0.05) is 11.6 Å². The fraction of sp³-hybridized carbons (Fsp3) is 0.600. The molecular weight excluding hydrogens is 268 g/mol.